The van der Waals surface area contributed by atoms with Gasteiger partial charge in [-0.15, -0.1) is 0 Å². The van der Waals surface area contributed by atoms with Gasteiger partial charge in [-0.25, -0.2) is 4.39 Å². The summed E-state index contributed by atoms with van der Waals surface area (Å²) < 4.78 is 15.2. The van der Waals surface area contributed by atoms with Gasteiger partial charge in [0.25, 0.3) is 11.5 Å². The fourth-order valence-electron chi connectivity index (χ4n) is 2.87. The molecule has 3 aromatic carbocycles. The second-order valence-corrected chi connectivity index (χ2v) is 6.46. The first-order chi connectivity index (χ1) is 13.5. The summed E-state index contributed by atoms with van der Waals surface area (Å²) in [6, 6.07) is 19.4. The maximum atomic E-state index is 14.1. The minimum Gasteiger partial charge on any atom is -0.318 e. The molecule has 138 valence electrons. The molecule has 1 amide bonds. The Labute approximate surface area is 164 Å². The second kappa shape index (κ2) is 7.25. The Balaban J connectivity index is 1.87. The summed E-state index contributed by atoms with van der Waals surface area (Å²) in [5, 5.41) is 7.69. The van der Waals surface area contributed by atoms with E-state index >= 15 is 0 Å². The molecule has 0 atom stereocenters. The third-order valence-electron chi connectivity index (χ3n) is 4.20. The molecule has 0 aliphatic heterocycles. The number of anilines is 1. The third-order valence-corrected chi connectivity index (χ3v) is 4.44. The number of fused-ring (bicyclic) bond motifs is 1. The summed E-state index contributed by atoms with van der Waals surface area (Å²) in [5.41, 5.74) is 0.146. The highest BCUT2D eigenvalue weighted by Crippen LogP contribution is 2.21. The highest BCUT2D eigenvalue weighted by molar-refractivity contribution is 6.30. The van der Waals surface area contributed by atoms with Gasteiger partial charge in [-0.3, -0.25) is 9.59 Å². The molecule has 0 radical (unpaired) electrons. The molecule has 0 fully saturated rings. The number of hydrogen-bond acceptors (Lipinski definition) is 3. The first-order valence-corrected chi connectivity index (χ1v) is 8.76. The monoisotopic (exact) mass is 393 g/mol. The zero-order valence-corrected chi connectivity index (χ0v) is 15.2. The van der Waals surface area contributed by atoms with Gasteiger partial charge in [-0.1, -0.05) is 48.0 Å². The van der Waals surface area contributed by atoms with Crippen molar-refractivity contribution in [3.63, 3.8) is 0 Å². The molecule has 0 aliphatic carbocycles. The van der Waals surface area contributed by atoms with E-state index in [0.29, 0.717) is 16.5 Å². The van der Waals surface area contributed by atoms with Crippen molar-refractivity contribution in [3.05, 3.63) is 99.7 Å². The van der Waals surface area contributed by atoms with E-state index in [1.807, 2.05) is 6.07 Å². The van der Waals surface area contributed by atoms with Gasteiger partial charge in [0.2, 0.25) is 0 Å². The van der Waals surface area contributed by atoms with Crippen molar-refractivity contribution in [1.82, 2.24) is 9.78 Å². The van der Waals surface area contributed by atoms with Crippen molar-refractivity contribution in [2.75, 3.05) is 5.32 Å². The molecule has 0 aliphatic rings. The van der Waals surface area contributed by atoms with Crippen LogP contribution in [0, 0.1) is 5.82 Å². The van der Waals surface area contributed by atoms with Gasteiger partial charge in [-0.05, 0) is 36.4 Å². The Bertz CT molecular complexity index is 1260. The number of nitrogens with zero attached hydrogens (tertiary/aromatic N) is 2. The predicted molar refractivity (Wildman–Crippen MR) is 107 cm³/mol. The average molecular weight is 394 g/mol. The van der Waals surface area contributed by atoms with Crippen molar-refractivity contribution >= 4 is 34.0 Å². The van der Waals surface area contributed by atoms with Crippen molar-refractivity contribution in [3.8, 4) is 5.69 Å². The zero-order valence-electron chi connectivity index (χ0n) is 14.4. The molecule has 0 saturated heterocycles. The van der Waals surface area contributed by atoms with Crippen LogP contribution in [-0.4, -0.2) is 15.7 Å². The number of nitrogens with one attached hydrogen (secondary N) is 1. The molecule has 7 heteroatoms. The lowest BCUT2D eigenvalue weighted by atomic mass is 10.1. The highest BCUT2D eigenvalue weighted by atomic mass is 35.5. The molecule has 5 nitrogen and oxygen atoms in total. The molecule has 0 unspecified atom stereocenters. The summed E-state index contributed by atoms with van der Waals surface area (Å²) in [5.74, 6) is -1.30. The number of halogens is 2. The van der Waals surface area contributed by atoms with Crippen LogP contribution in [0.3, 0.4) is 0 Å². The number of aromatic nitrogens is 2. The normalized spacial score (nSPS) is 10.8. The maximum Gasteiger partial charge on any atom is 0.279 e. The minimum atomic E-state index is -0.665. The van der Waals surface area contributed by atoms with Gasteiger partial charge in [0.15, 0.2) is 5.69 Å². The van der Waals surface area contributed by atoms with E-state index in [4.69, 9.17) is 11.6 Å². The zero-order chi connectivity index (χ0) is 19.7. The number of amides is 1. The standard InChI is InChI=1S/C21H13ClFN3O2/c22-13-10-11-18(17(23)12-13)24-20(27)19-15-8-4-5-9-16(15)21(28)26(25-19)14-6-2-1-3-7-14/h1-12H,(H,24,27). The fraction of sp³-hybridized carbons (Fsp3) is 0. The Kier molecular flexibility index (Phi) is 4.63. The number of para-hydroxylation sites is 1. The Morgan fingerprint density at radius 3 is 2.36 bits per heavy atom. The number of carbonyl (C=O) groups excluding carboxylic acids is 1. The van der Waals surface area contributed by atoms with Crippen molar-refractivity contribution in [1.29, 1.82) is 0 Å². The Morgan fingerprint density at radius 1 is 0.964 bits per heavy atom. The molecule has 1 aromatic heterocycles. The van der Waals surface area contributed by atoms with E-state index in [2.05, 4.69) is 10.4 Å². The van der Waals surface area contributed by atoms with Gasteiger partial charge in [-0.2, -0.15) is 9.78 Å². The number of benzene rings is 3. The second-order valence-electron chi connectivity index (χ2n) is 6.02. The summed E-state index contributed by atoms with van der Waals surface area (Å²) in [6.07, 6.45) is 0. The highest BCUT2D eigenvalue weighted by Gasteiger charge is 2.18. The van der Waals surface area contributed by atoms with Crippen LogP contribution in [0.15, 0.2) is 77.6 Å². The van der Waals surface area contributed by atoms with Gasteiger partial charge >= 0.3 is 0 Å². The van der Waals surface area contributed by atoms with Crippen molar-refractivity contribution < 1.29 is 9.18 Å². The molecule has 0 bridgehead atoms. The van der Waals surface area contributed by atoms with E-state index in [-0.39, 0.29) is 22.0 Å². The van der Waals surface area contributed by atoms with Gasteiger partial charge < -0.3 is 5.32 Å². The van der Waals surface area contributed by atoms with Crippen LogP contribution in [0.4, 0.5) is 10.1 Å². The van der Waals surface area contributed by atoms with Crippen LogP contribution in [0.1, 0.15) is 10.5 Å². The topological polar surface area (TPSA) is 64.0 Å². The molecular weight excluding hydrogens is 381 g/mol. The largest absolute Gasteiger partial charge is 0.318 e. The van der Waals surface area contributed by atoms with E-state index < -0.39 is 11.7 Å². The molecule has 4 rings (SSSR count). The lowest BCUT2D eigenvalue weighted by molar-refractivity contribution is 0.102. The van der Waals surface area contributed by atoms with Crippen LogP contribution in [0.25, 0.3) is 16.5 Å². The quantitative estimate of drug-likeness (QED) is 0.560. The van der Waals surface area contributed by atoms with Crippen LogP contribution < -0.4 is 10.9 Å². The third kappa shape index (κ3) is 3.25. The van der Waals surface area contributed by atoms with Crippen LogP contribution in [0.5, 0.6) is 0 Å². The number of carbonyl (C=O) groups is 1. The fourth-order valence-corrected chi connectivity index (χ4v) is 3.03. The molecule has 0 spiro atoms. The molecule has 28 heavy (non-hydrogen) atoms. The summed E-state index contributed by atoms with van der Waals surface area (Å²) >= 11 is 5.75. The van der Waals surface area contributed by atoms with Gasteiger partial charge in [0, 0.05) is 10.4 Å². The average Bonchev–Trinajstić information content (AvgIpc) is 2.71. The van der Waals surface area contributed by atoms with E-state index in [9.17, 15) is 14.0 Å². The van der Waals surface area contributed by atoms with Gasteiger partial charge in [0.05, 0.1) is 16.8 Å². The summed E-state index contributed by atoms with van der Waals surface area (Å²) in [4.78, 5) is 25.7. The number of rotatable bonds is 3. The van der Waals surface area contributed by atoms with Crippen molar-refractivity contribution in [2.24, 2.45) is 0 Å². The van der Waals surface area contributed by atoms with Gasteiger partial charge in [0.1, 0.15) is 5.82 Å². The molecular formula is C21H13ClFN3O2. The Hall–Kier alpha value is -3.51. The SMILES string of the molecule is O=C(Nc1ccc(Cl)cc1F)c1nn(-c2ccccc2)c(=O)c2ccccc12. The van der Waals surface area contributed by atoms with Crippen molar-refractivity contribution in [2.45, 2.75) is 0 Å². The maximum absolute atomic E-state index is 14.1. The smallest absolute Gasteiger partial charge is 0.279 e. The lowest BCUT2D eigenvalue weighted by Crippen LogP contribution is -2.26. The first kappa shape index (κ1) is 17.9. The number of hydrogen-bond donors (Lipinski definition) is 1. The summed E-state index contributed by atoms with van der Waals surface area (Å²) in [7, 11) is 0. The minimum absolute atomic E-state index is 0.00778. The Morgan fingerprint density at radius 2 is 1.64 bits per heavy atom. The lowest BCUT2D eigenvalue weighted by Gasteiger charge is -2.12. The summed E-state index contributed by atoms with van der Waals surface area (Å²) in [6.45, 7) is 0. The first-order valence-electron chi connectivity index (χ1n) is 8.38. The van der Waals surface area contributed by atoms with E-state index in [1.54, 1.807) is 48.5 Å². The van der Waals surface area contributed by atoms with E-state index in [1.165, 1.54) is 12.1 Å². The molecule has 1 heterocycles. The van der Waals surface area contributed by atoms with Crippen LogP contribution >= 0.6 is 11.6 Å². The van der Waals surface area contributed by atoms with E-state index in [0.717, 1.165) is 10.7 Å². The van der Waals surface area contributed by atoms with Crippen LogP contribution in [-0.2, 0) is 0 Å². The van der Waals surface area contributed by atoms with Crippen LogP contribution in [0.2, 0.25) is 5.02 Å². The molecule has 4 aromatic rings. The molecule has 0 saturated carbocycles. The molecule has 1 N–H and O–H groups in total. The predicted octanol–water partition coefficient (Wildman–Crippen LogP) is 4.43.